The third-order valence-corrected chi connectivity index (χ3v) is 8.69. The van der Waals surface area contributed by atoms with Gasteiger partial charge in [0.25, 0.3) is 0 Å². The Bertz CT molecular complexity index is 1520. The molecule has 4 N–H and O–H groups in total. The molecule has 1 aliphatic heterocycles. The highest BCUT2D eigenvalue weighted by molar-refractivity contribution is 6.02. The molecule has 1 amide bonds. The fourth-order valence-corrected chi connectivity index (χ4v) is 6.40. The van der Waals surface area contributed by atoms with Crippen molar-refractivity contribution in [1.29, 1.82) is 0 Å². The van der Waals surface area contributed by atoms with Crippen molar-refractivity contribution >= 4 is 17.4 Å². The maximum absolute atomic E-state index is 13.1. The van der Waals surface area contributed by atoms with Gasteiger partial charge < -0.3 is 21.3 Å². The maximum atomic E-state index is 13.1. The second-order valence-corrected chi connectivity index (χ2v) is 12.1. The van der Waals surface area contributed by atoms with Crippen LogP contribution in [0.15, 0.2) is 103 Å². The van der Waals surface area contributed by atoms with Crippen LogP contribution in [0.5, 0.6) is 0 Å². The van der Waals surface area contributed by atoms with Crippen LogP contribution in [-0.4, -0.2) is 35.4 Å². The van der Waals surface area contributed by atoms with E-state index in [1.54, 1.807) is 6.20 Å². The Balaban J connectivity index is 0.000000418. The summed E-state index contributed by atoms with van der Waals surface area (Å²) in [5.74, 6) is -0.123. The number of rotatable bonds is 9. The number of fused-ring (bicyclic) bond motifs is 1. The molecule has 1 saturated carbocycles. The predicted octanol–water partition coefficient (Wildman–Crippen LogP) is 6.41. The topological polar surface area (TPSA) is 77.5 Å². The number of anilines is 1. The summed E-state index contributed by atoms with van der Waals surface area (Å²) in [6.45, 7) is 11.0. The molecule has 3 aromatic rings. The molecule has 1 fully saturated rings. The number of nitrogens with zero attached hydrogens (tertiary/aromatic N) is 1. The van der Waals surface area contributed by atoms with Gasteiger partial charge in [-0.3, -0.25) is 9.79 Å². The number of amidine groups is 1. The second kappa shape index (κ2) is 13.6. The Kier molecular flexibility index (Phi) is 9.59. The lowest BCUT2D eigenvalue weighted by Crippen LogP contribution is -2.49. The molecule has 2 aliphatic carbocycles. The number of hydrogen-bond acceptors (Lipinski definition) is 5. The van der Waals surface area contributed by atoms with E-state index in [1.807, 2.05) is 24.3 Å². The molecule has 6 rings (SSSR count). The smallest absolute Gasteiger partial charge is 0.226 e. The lowest BCUT2D eigenvalue weighted by atomic mass is 9.92. The van der Waals surface area contributed by atoms with Crippen molar-refractivity contribution in [2.75, 3.05) is 11.9 Å². The van der Waals surface area contributed by atoms with Gasteiger partial charge in [0.05, 0.1) is 0 Å². The van der Waals surface area contributed by atoms with E-state index in [0.717, 1.165) is 73.9 Å². The summed E-state index contributed by atoms with van der Waals surface area (Å²) in [7, 11) is 0. The number of aliphatic imine (C=N–C) groups is 1. The number of nitrogens with one attached hydrogen (secondary N) is 4. The Labute approximate surface area is 258 Å². The molecule has 3 aromatic carbocycles. The normalized spacial score (nSPS) is 20.2. The summed E-state index contributed by atoms with van der Waals surface area (Å²) in [5.41, 5.74) is 4.89. The van der Waals surface area contributed by atoms with Crippen molar-refractivity contribution in [3.8, 4) is 0 Å². The quantitative estimate of drug-likeness (QED) is 0.230. The first-order valence-corrected chi connectivity index (χ1v) is 15.3. The average Bonchev–Trinajstić information content (AvgIpc) is 3.70. The highest BCUT2D eigenvalue weighted by Crippen LogP contribution is 2.41. The summed E-state index contributed by atoms with van der Waals surface area (Å²) >= 11 is 0. The number of benzene rings is 3. The fourth-order valence-electron chi connectivity index (χ4n) is 6.40. The molecule has 2 unspecified atom stereocenters. The van der Waals surface area contributed by atoms with Gasteiger partial charge in [0.2, 0.25) is 5.91 Å². The molecule has 0 radical (unpaired) electrons. The van der Waals surface area contributed by atoms with Crippen molar-refractivity contribution in [3.63, 3.8) is 0 Å². The van der Waals surface area contributed by atoms with Gasteiger partial charge in [-0.2, -0.15) is 0 Å². The van der Waals surface area contributed by atoms with Gasteiger partial charge in [0, 0.05) is 60.4 Å². The van der Waals surface area contributed by atoms with E-state index in [-0.39, 0.29) is 23.0 Å². The number of halogens is 2. The lowest BCUT2D eigenvalue weighted by Gasteiger charge is -2.31. The zero-order chi connectivity index (χ0) is 31.2. The van der Waals surface area contributed by atoms with Gasteiger partial charge in [-0.1, -0.05) is 68.5 Å². The standard InChI is InChI=1S/C30H37N5O.C6H4F2/c1-4-31-21(2)20-32-29(14-8-9-15-29)19-27(36)34-26-13-12-24-17-30(18-25(24)16-26)22(3)33-28(35-30)23-10-6-5-7-11-23;7-5-2-1-3-6(8)4-5/h4-7,10-13,16,21,31-32H,1,3,8-9,14-15,17-20H2,2H3,(H,33,35)(H,34,36);1-4H. The highest BCUT2D eigenvalue weighted by atomic mass is 19.1. The summed E-state index contributed by atoms with van der Waals surface area (Å²) in [4.78, 5) is 18.2. The van der Waals surface area contributed by atoms with Crippen LogP contribution in [-0.2, 0) is 17.6 Å². The van der Waals surface area contributed by atoms with E-state index >= 15 is 0 Å². The molecule has 0 bridgehead atoms. The van der Waals surface area contributed by atoms with Gasteiger partial charge in [0.15, 0.2) is 0 Å². The molecular weight excluding hydrogens is 556 g/mol. The molecule has 8 heteroatoms. The van der Waals surface area contributed by atoms with Gasteiger partial charge in [-0.15, -0.1) is 0 Å². The van der Waals surface area contributed by atoms with E-state index in [9.17, 15) is 13.6 Å². The van der Waals surface area contributed by atoms with Gasteiger partial charge in [-0.25, -0.2) is 8.78 Å². The van der Waals surface area contributed by atoms with E-state index in [0.29, 0.717) is 6.42 Å². The first kappa shape index (κ1) is 31.1. The Morgan fingerprint density at radius 2 is 1.70 bits per heavy atom. The van der Waals surface area contributed by atoms with Crippen LogP contribution in [0, 0.1) is 11.6 Å². The van der Waals surface area contributed by atoms with Crippen molar-refractivity contribution in [2.45, 2.75) is 69.0 Å². The molecule has 230 valence electrons. The van der Waals surface area contributed by atoms with Crippen molar-refractivity contribution in [3.05, 3.63) is 126 Å². The number of amides is 1. The monoisotopic (exact) mass is 597 g/mol. The molecule has 0 aromatic heterocycles. The van der Waals surface area contributed by atoms with Gasteiger partial charge in [0.1, 0.15) is 23.0 Å². The Morgan fingerprint density at radius 1 is 1.00 bits per heavy atom. The van der Waals surface area contributed by atoms with Crippen LogP contribution in [0.1, 0.15) is 55.7 Å². The van der Waals surface area contributed by atoms with Crippen LogP contribution >= 0.6 is 0 Å². The van der Waals surface area contributed by atoms with Gasteiger partial charge >= 0.3 is 0 Å². The molecule has 6 nitrogen and oxygen atoms in total. The zero-order valence-corrected chi connectivity index (χ0v) is 25.3. The summed E-state index contributed by atoms with van der Waals surface area (Å²) < 4.78 is 23.9. The number of hydrogen-bond donors (Lipinski definition) is 4. The predicted molar refractivity (Wildman–Crippen MR) is 173 cm³/mol. The van der Waals surface area contributed by atoms with Crippen LogP contribution < -0.4 is 21.3 Å². The Morgan fingerprint density at radius 3 is 2.36 bits per heavy atom. The van der Waals surface area contributed by atoms with Gasteiger partial charge in [-0.05, 0) is 61.4 Å². The molecule has 2 atom stereocenters. The third kappa shape index (κ3) is 7.42. The molecule has 44 heavy (non-hydrogen) atoms. The number of carbonyl (C=O) groups excluding carboxylic acids is 1. The minimum Gasteiger partial charge on any atom is -0.388 e. The molecule has 1 heterocycles. The first-order chi connectivity index (χ1) is 21.2. The van der Waals surface area contributed by atoms with Crippen LogP contribution in [0.4, 0.5) is 14.5 Å². The lowest BCUT2D eigenvalue weighted by molar-refractivity contribution is -0.117. The largest absolute Gasteiger partial charge is 0.388 e. The molecule has 1 spiro atoms. The molecule has 0 saturated heterocycles. The summed E-state index contributed by atoms with van der Waals surface area (Å²) in [5, 5.41) is 13.5. The van der Waals surface area contributed by atoms with Crippen LogP contribution in [0.25, 0.3) is 0 Å². The minimum atomic E-state index is -0.537. The first-order valence-electron chi connectivity index (χ1n) is 15.3. The van der Waals surface area contributed by atoms with Crippen LogP contribution in [0.2, 0.25) is 0 Å². The summed E-state index contributed by atoms with van der Waals surface area (Å²) in [6, 6.07) is 21.3. The maximum Gasteiger partial charge on any atom is 0.226 e. The van der Waals surface area contributed by atoms with E-state index in [2.05, 4.69) is 65.6 Å². The van der Waals surface area contributed by atoms with Crippen molar-refractivity contribution in [1.82, 2.24) is 16.0 Å². The molecule has 3 aliphatic rings. The highest BCUT2D eigenvalue weighted by Gasteiger charge is 2.44. The van der Waals surface area contributed by atoms with E-state index in [4.69, 9.17) is 4.99 Å². The second-order valence-electron chi connectivity index (χ2n) is 12.1. The molecular formula is C36H41F2N5O. The average molecular weight is 598 g/mol. The van der Waals surface area contributed by atoms with E-state index < -0.39 is 11.6 Å². The minimum absolute atomic E-state index is 0.0673. The SMILES string of the molecule is C=CNC(C)CNC1(CC(=O)Nc2ccc3c(c2)CC2(C3)N=C(c3ccccc3)NC2=C)CCCC1.Fc1cccc(F)c1. The van der Waals surface area contributed by atoms with Crippen molar-refractivity contribution in [2.24, 2.45) is 4.99 Å². The van der Waals surface area contributed by atoms with Crippen molar-refractivity contribution < 1.29 is 13.6 Å². The van der Waals surface area contributed by atoms with Crippen LogP contribution in [0.3, 0.4) is 0 Å². The van der Waals surface area contributed by atoms with E-state index in [1.165, 1.54) is 29.3 Å². The summed E-state index contributed by atoms with van der Waals surface area (Å²) in [6.07, 6.45) is 8.21. The fraction of sp³-hybridized carbons (Fsp3) is 0.333. The Hall–Kier alpha value is -4.30. The zero-order valence-electron chi connectivity index (χ0n) is 25.3. The third-order valence-electron chi connectivity index (χ3n) is 8.69. The number of carbonyl (C=O) groups is 1.